The van der Waals surface area contributed by atoms with E-state index in [0.717, 1.165) is 33.3 Å². The molecular weight excluding hydrogens is 322 g/mol. The molecule has 0 atom stereocenters. The average Bonchev–Trinajstić information content (AvgIpc) is 2.88. The fourth-order valence-electron chi connectivity index (χ4n) is 3.49. The Hall–Kier alpha value is -3.01. The number of hydrogen-bond donors (Lipinski definition) is 0. The number of rotatable bonds is 1. The minimum atomic E-state index is -0.376. The number of benzene rings is 2. The number of amidine groups is 1. The third kappa shape index (κ3) is 2.49. The van der Waals surface area contributed by atoms with E-state index in [2.05, 4.69) is 4.98 Å². The van der Waals surface area contributed by atoms with Gasteiger partial charge in [0.2, 0.25) is 0 Å². The number of fused-ring (bicyclic) bond motifs is 2. The minimum Gasteiger partial charge on any atom is -0.287 e. The first-order valence-corrected chi connectivity index (χ1v) is 8.75. The van der Waals surface area contributed by atoms with E-state index in [9.17, 15) is 4.79 Å². The molecule has 4 heteroatoms. The Morgan fingerprint density at radius 2 is 1.73 bits per heavy atom. The highest BCUT2D eigenvalue weighted by Crippen LogP contribution is 2.34. The fraction of sp³-hybridized carbons (Fsp3) is 0.227. The van der Waals surface area contributed by atoms with Crippen molar-refractivity contribution in [2.24, 2.45) is 4.99 Å². The van der Waals surface area contributed by atoms with Gasteiger partial charge in [0, 0.05) is 22.7 Å². The van der Waals surface area contributed by atoms with Crippen LogP contribution in [0.15, 0.2) is 59.7 Å². The summed E-state index contributed by atoms with van der Waals surface area (Å²) in [5.74, 6) is 0.705. The smallest absolute Gasteiger partial charge is 0.260 e. The zero-order chi connectivity index (χ0) is 18.5. The van der Waals surface area contributed by atoms with Gasteiger partial charge in [0.1, 0.15) is 5.84 Å². The molecule has 2 heterocycles. The molecule has 1 amide bonds. The van der Waals surface area contributed by atoms with E-state index in [1.165, 1.54) is 0 Å². The number of aliphatic imine (C=N–C) groups is 1. The van der Waals surface area contributed by atoms with Crippen molar-refractivity contribution >= 4 is 28.3 Å². The molecule has 0 spiro atoms. The third-order valence-electron chi connectivity index (χ3n) is 4.65. The summed E-state index contributed by atoms with van der Waals surface area (Å²) >= 11 is 0. The lowest BCUT2D eigenvalue weighted by atomic mass is 10.0. The molecule has 130 valence electrons. The first-order chi connectivity index (χ1) is 12.4. The second-order valence-corrected chi connectivity index (χ2v) is 7.60. The van der Waals surface area contributed by atoms with Crippen LogP contribution in [0.3, 0.4) is 0 Å². The van der Waals surface area contributed by atoms with E-state index in [4.69, 9.17) is 4.99 Å². The highest BCUT2D eigenvalue weighted by atomic mass is 16.2. The SMILES string of the molecule is Cc1cccc2c1C(=O)N(C(C)(C)C)C2=Nc1cccc2cccnc12. The van der Waals surface area contributed by atoms with Crippen molar-refractivity contribution in [3.63, 3.8) is 0 Å². The van der Waals surface area contributed by atoms with Crippen molar-refractivity contribution < 1.29 is 4.79 Å². The first-order valence-electron chi connectivity index (χ1n) is 8.75. The third-order valence-corrected chi connectivity index (χ3v) is 4.65. The molecule has 0 unspecified atom stereocenters. The van der Waals surface area contributed by atoms with Crippen LogP contribution in [-0.2, 0) is 0 Å². The maximum Gasteiger partial charge on any atom is 0.260 e. The highest BCUT2D eigenvalue weighted by molar-refractivity contribution is 6.25. The number of carbonyl (C=O) groups excluding carboxylic acids is 1. The van der Waals surface area contributed by atoms with Gasteiger partial charge in [-0.25, -0.2) is 4.99 Å². The van der Waals surface area contributed by atoms with Gasteiger partial charge in [-0.1, -0.05) is 36.4 Å². The molecule has 1 aliphatic rings. The summed E-state index contributed by atoms with van der Waals surface area (Å²) in [5, 5.41) is 1.03. The number of aryl methyl sites for hydroxylation is 1. The van der Waals surface area contributed by atoms with Crippen LogP contribution in [0.1, 0.15) is 42.3 Å². The first kappa shape index (κ1) is 16.5. The molecule has 1 aliphatic heterocycles. The lowest BCUT2D eigenvalue weighted by Gasteiger charge is -2.32. The van der Waals surface area contributed by atoms with Crippen molar-refractivity contribution in [2.45, 2.75) is 33.2 Å². The summed E-state index contributed by atoms with van der Waals surface area (Å²) < 4.78 is 0. The maximum atomic E-state index is 13.2. The largest absolute Gasteiger partial charge is 0.287 e. The lowest BCUT2D eigenvalue weighted by Crippen LogP contribution is -2.45. The molecule has 0 N–H and O–H groups in total. The number of aromatic nitrogens is 1. The Balaban J connectivity index is 2.00. The summed E-state index contributed by atoms with van der Waals surface area (Å²) in [4.78, 5) is 24.4. The summed E-state index contributed by atoms with van der Waals surface area (Å²) in [6.07, 6.45) is 1.77. The maximum absolute atomic E-state index is 13.2. The zero-order valence-electron chi connectivity index (χ0n) is 15.4. The van der Waals surface area contributed by atoms with Gasteiger partial charge in [0.25, 0.3) is 5.91 Å². The Bertz CT molecular complexity index is 1060. The minimum absolute atomic E-state index is 0.0116. The summed E-state index contributed by atoms with van der Waals surface area (Å²) in [7, 11) is 0. The molecule has 26 heavy (non-hydrogen) atoms. The van der Waals surface area contributed by atoms with Crippen LogP contribution in [-0.4, -0.2) is 27.2 Å². The monoisotopic (exact) mass is 343 g/mol. The van der Waals surface area contributed by atoms with E-state index in [-0.39, 0.29) is 11.4 Å². The second-order valence-electron chi connectivity index (χ2n) is 7.60. The van der Waals surface area contributed by atoms with Gasteiger partial charge in [-0.2, -0.15) is 0 Å². The molecule has 0 radical (unpaired) electrons. The van der Waals surface area contributed by atoms with E-state index >= 15 is 0 Å². The Labute approximate surface area is 153 Å². The van der Waals surface area contributed by atoms with Crippen LogP contribution in [0.5, 0.6) is 0 Å². The molecule has 2 aromatic carbocycles. The van der Waals surface area contributed by atoms with E-state index < -0.39 is 0 Å². The quantitative estimate of drug-likeness (QED) is 0.632. The number of carbonyl (C=O) groups is 1. The Morgan fingerprint density at radius 3 is 2.50 bits per heavy atom. The van der Waals surface area contributed by atoms with Crippen molar-refractivity contribution in [2.75, 3.05) is 0 Å². The molecule has 0 aliphatic carbocycles. The van der Waals surface area contributed by atoms with Crippen molar-refractivity contribution in [3.8, 4) is 0 Å². The topological polar surface area (TPSA) is 45.6 Å². The van der Waals surface area contributed by atoms with Gasteiger partial charge >= 0.3 is 0 Å². The van der Waals surface area contributed by atoms with Crippen molar-refractivity contribution in [3.05, 3.63) is 71.4 Å². The summed E-state index contributed by atoms with van der Waals surface area (Å²) in [6, 6.07) is 15.8. The molecule has 4 rings (SSSR count). The van der Waals surface area contributed by atoms with Crippen LogP contribution >= 0.6 is 0 Å². The molecule has 0 fully saturated rings. The number of pyridine rings is 1. The van der Waals surface area contributed by atoms with Gasteiger partial charge < -0.3 is 0 Å². The van der Waals surface area contributed by atoms with Crippen LogP contribution in [0.2, 0.25) is 0 Å². The van der Waals surface area contributed by atoms with Gasteiger partial charge in [-0.05, 0) is 45.4 Å². The number of nitrogens with zero attached hydrogens (tertiary/aromatic N) is 3. The molecule has 0 saturated carbocycles. The van der Waals surface area contributed by atoms with Gasteiger partial charge in [0.15, 0.2) is 0 Å². The highest BCUT2D eigenvalue weighted by Gasteiger charge is 2.41. The van der Waals surface area contributed by atoms with Crippen molar-refractivity contribution in [1.82, 2.24) is 9.88 Å². The van der Waals surface area contributed by atoms with Crippen LogP contribution in [0.4, 0.5) is 5.69 Å². The Kier molecular flexibility index (Phi) is 3.65. The molecule has 1 aromatic heterocycles. The molecule has 0 saturated heterocycles. The molecule has 3 aromatic rings. The molecular formula is C22H21N3O. The van der Waals surface area contributed by atoms with Crippen LogP contribution in [0.25, 0.3) is 10.9 Å². The fourth-order valence-corrected chi connectivity index (χ4v) is 3.49. The standard InChI is InChI=1S/C22H21N3O/c1-14-8-5-11-16-18(14)21(26)25(22(2,3)4)20(16)24-17-12-6-9-15-10-7-13-23-19(15)17/h5-13H,1-4H3. The lowest BCUT2D eigenvalue weighted by molar-refractivity contribution is 0.0766. The van der Waals surface area contributed by atoms with Crippen molar-refractivity contribution in [1.29, 1.82) is 0 Å². The molecule has 4 nitrogen and oxygen atoms in total. The van der Waals surface area contributed by atoms with Gasteiger partial charge in [-0.3, -0.25) is 14.7 Å². The summed E-state index contributed by atoms with van der Waals surface area (Å²) in [6.45, 7) is 8.06. The predicted molar refractivity (Wildman–Crippen MR) is 105 cm³/mol. The second kappa shape index (κ2) is 5.77. The number of hydrogen-bond acceptors (Lipinski definition) is 3. The van der Waals surface area contributed by atoms with E-state index in [0.29, 0.717) is 5.84 Å². The number of amides is 1. The summed E-state index contributed by atoms with van der Waals surface area (Å²) in [5.41, 5.74) is 3.84. The number of para-hydroxylation sites is 1. The van der Waals surface area contributed by atoms with Crippen LogP contribution < -0.4 is 0 Å². The van der Waals surface area contributed by atoms with E-state index in [1.807, 2.05) is 76.2 Å². The normalized spacial score (nSPS) is 15.8. The molecule has 0 bridgehead atoms. The Morgan fingerprint density at radius 1 is 1.00 bits per heavy atom. The zero-order valence-corrected chi connectivity index (χ0v) is 15.4. The van der Waals surface area contributed by atoms with Gasteiger partial charge in [0.05, 0.1) is 16.8 Å². The van der Waals surface area contributed by atoms with E-state index in [1.54, 1.807) is 11.1 Å². The predicted octanol–water partition coefficient (Wildman–Crippen LogP) is 4.88. The van der Waals surface area contributed by atoms with Gasteiger partial charge in [-0.15, -0.1) is 0 Å². The van der Waals surface area contributed by atoms with Crippen LogP contribution in [0, 0.1) is 6.92 Å². The average molecular weight is 343 g/mol.